The van der Waals surface area contributed by atoms with Crippen LogP contribution in [0.15, 0.2) is 5.16 Å². The number of oxime groups is 1. The van der Waals surface area contributed by atoms with Gasteiger partial charge in [0.25, 0.3) is 0 Å². The van der Waals surface area contributed by atoms with Crippen molar-refractivity contribution >= 4 is 33.3 Å². The van der Waals surface area contributed by atoms with Crippen LogP contribution in [-0.2, 0) is 14.6 Å². The number of hydrogen-bond acceptors (Lipinski definition) is 6. The van der Waals surface area contributed by atoms with Crippen LogP contribution in [0.3, 0.4) is 0 Å². The monoisotopic (exact) mass is 337 g/mol. The second kappa shape index (κ2) is 6.87. The van der Waals surface area contributed by atoms with Gasteiger partial charge in [-0.05, 0) is 13.3 Å². The van der Waals surface area contributed by atoms with Crippen molar-refractivity contribution in [1.82, 2.24) is 4.90 Å². The third kappa shape index (κ3) is 3.45. The zero-order valence-corrected chi connectivity index (χ0v) is 14.2. The fourth-order valence-corrected chi connectivity index (χ4v) is 5.14. The average Bonchev–Trinajstić information content (AvgIpc) is 2.52. The predicted molar refractivity (Wildman–Crippen MR) is 84.1 cm³/mol. The number of carbonyl (C=O) groups excluding carboxylic acids is 1. The molecule has 2 atom stereocenters. The molecule has 3 N–H and O–H groups in total. The fourth-order valence-electron chi connectivity index (χ4n) is 2.17. The third-order valence-corrected chi connectivity index (χ3v) is 7.30. The van der Waals surface area contributed by atoms with Crippen LogP contribution in [0.4, 0.5) is 0 Å². The predicted octanol–water partition coefficient (Wildman–Crippen LogP) is 0.485. The molecule has 21 heavy (non-hydrogen) atoms. The Kier molecular flexibility index (Phi) is 5.92. The first kappa shape index (κ1) is 18.1. The highest BCUT2D eigenvalue weighted by molar-refractivity contribution is 8.01. The van der Waals surface area contributed by atoms with Gasteiger partial charge in [0.05, 0.1) is 0 Å². The van der Waals surface area contributed by atoms with E-state index in [1.807, 2.05) is 0 Å². The molecule has 0 saturated carbocycles. The van der Waals surface area contributed by atoms with Crippen LogP contribution in [-0.4, -0.2) is 59.4 Å². The van der Waals surface area contributed by atoms with E-state index in [0.717, 1.165) is 0 Å². The van der Waals surface area contributed by atoms with Crippen LogP contribution in [0.2, 0.25) is 0 Å². The molecule has 2 unspecified atom stereocenters. The number of nitrogens with two attached hydrogens (primary N) is 1. The van der Waals surface area contributed by atoms with Crippen LogP contribution in [0.1, 0.15) is 27.2 Å². The first-order valence-electron chi connectivity index (χ1n) is 6.83. The van der Waals surface area contributed by atoms with Crippen LogP contribution >= 0.6 is 11.8 Å². The molecule has 7 nitrogen and oxygen atoms in total. The number of nitrogens with zero attached hydrogens (tertiary/aromatic N) is 2. The van der Waals surface area contributed by atoms with Crippen molar-refractivity contribution in [2.45, 2.75) is 32.6 Å². The van der Waals surface area contributed by atoms with E-state index in [4.69, 9.17) is 10.9 Å². The van der Waals surface area contributed by atoms with E-state index in [1.165, 1.54) is 16.7 Å². The van der Waals surface area contributed by atoms with E-state index in [0.29, 0.717) is 24.5 Å². The van der Waals surface area contributed by atoms with Gasteiger partial charge in [-0.25, -0.2) is 8.42 Å². The van der Waals surface area contributed by atoms with Gasteiger partial charge in [-0.3, -0.25) is 4.79 Å². The Morgan fingerprint density at radius 2 is 2.14 bits per heavy atom. The Balaban J connectivity index is 3.18. The summed E-state index contributed by atoms with van der Waals surface area (Å²) in [4.78, 5) is 14.2. The van der Waals surface area contributed by atoms with Gasteiger partial charge in [0, 0.05) is 23.8 Å². The number of carbonyl (C=O) groups is 1. The first-order chi connectivity index (χ1) is 9.74. The Hall–Kier alpha value is -0.960. The Morgan fingerprint density at radius 1 is 1.52 bits per heavy atom. The molecule has 1 amide bonds. The van der Waals surface area contributed by atoms with Crippen molar-refractivity contribution < 1.29 is 18.4 Å². The summed E-state index contributed by atoms with van der Waals surface area (Å²) in [6.07, 6.45) is 0.324. The maximum atomic E-state index is 12.8. The molecule has 0 aromatic rings. The van der Waals surface area contributed by atoms with Crippen molar-refractivity contribution in [2.24, 2.45) is 16.3 Å². The molecule has 0 radical (unpaired) electrons. The molecule has 0 spiro atoms. The van der Waals surface area contributed by atoms with Gasteiger partial charge in [0.2, 0.25) is 5.91 Å². The van der Waals surface area contributed by atoms with Crippen LogP contribution in [0.25, 0.3) is 0 Å². The molecule has 1 heterocycles. The second-order valence-corrected chi connectivity index (χ2v) is 8.75. The lowest BCUT2D eigenvalue weighted by molar-refractivity contribution is -0.138. The molecule has 1 aliphatic heterocycles. The summed E-state index contributed by atoms with van der Waals surface area (Å²) in [5.41, 5.74) is 4.46. The molecule has 0 aromatic heterocycles. The average molecular weight is 337 g/mol. The Labute approximate surface area is 129 Å². The molecule has 0 aliphatic carbocycles. The topological polar surface area (TPSA) is 113 Å². The number of hydrogen-bond donors (Lipinski definition) is 2. The highest BCUT2D eigenvalue weighted by Gasteiger charge is 2.45. The van der Waals surface area contributed by atoms with Gasteiger partial charge < -0.3 is 15.8 Å². The Bertz CT molecular complexity index is 521. The van der Waals surface area contributed by atoms with Crippen LogP contribution in [0, 0.1) is 5.41 Å². The fraction of sp³-hybridized carbons (Fsp3) is 0.833. The lowest BCUT2D eigenvalue weighted by Gasteiger charge is -2.39. The minimum atomic E-state index is -3.38. The zero-order chi connectivity index (χ0) is 16.3. The second-order valence-electron chi connectivity index (χ2n) is 5.15. The van der Waals surface area contributed by atoms with E-state index < -0.39 is 26.5 Å². The lowest BCUT2D eigenvalue weighted by Crippen LogP contribution is -2.57. The van der Waals surface area contributed by atoms with Crippen molar-refractivity contribution in [3.63, 3.8) is 0 Å². The number of sulfone groups is 1. The molecule has 0 bridgehead atoms. The Morgan fingerprint density at radius 3 is 2.62 bits per heavy atom. The van der Waals surface area contributed by atoms with Crippen LogP contribution < -0.4 is 5.73 Å². The van der Waals surface area contributed by atoms with E-state index in [2.05, 4.69) is 5.16 Å². The maximum absolute atomic E-state index is 12.8. The highest BCUT2D eigenvalue weighted by atomic mass is 32.2. The minimum Gasteiger partial charge on any atom is -0.409 e. The number of thioether (sulfide) groups is 1. The lowest BCUT2D eigenvalue weighted by atomic mass is 9.84. The SMILES string of the molecule is CCC(C)(C(=O)N1CCSCC1S(=O)(=O)CC)C(N)=NO. The normalized spacial score (nSPS) is 23.7. The number of rotatable bonds is 5. The summed E-state index contributed by atoms with van der Waals surface area (Å²) < 4.78 is 24.4. The molecule has 1 saturated heterocycles. The van der Waals surface area contributed by atoms with Crippen molar-refractivity contribution in [3.8, 4) is 0 Å². The summed E-state index contributed by atoms with van der Waals surface area (Å²) in [6.45, 7) is 5.24. The van der Waals surface area contributed by atoms with Crippen LogP contribution in [0.5, 0.6) is 0 Å². The van der Waals surface area contributed by atoms with Crippen molar-refractivity contribution in [3.05, 3.63) is 0 Å². The van der Waals surface area contributed by atoms with E-state index in [1.54, 1.807) is 20.8 Å². The molecule has 0 aromatic carbocycles. The highest BCUT2D eigenvalue weighted by Crippen LogP contribution is 2.30. The standard InChI is InChI=1S/C12H23N3O4S2/c1-4-12(3,10(13)14-17)11(16)15-6-7-20-8-9(15)21(18,19)5-2/h9,17H,4-8H2,1-3H3,(H2,13,14). The van der Waals surface area contributed by atoms with Crippen molar-refractivity contribution in [1.29, 1.82) is 0 Å². The smallest absolute Gasteiger partial charge is 0.237 e. The summed E-state index contributed by atoms with van der Waals surface area (Å²) in [6, 6.07) is 0. The number of amides is 1. The molecular weight excluding hydrogens is 314 g/mol. The largest absolute Gasteiger partial charge is 0.409 e. The quantitative estimate of drug-likeness (QED) is 0.327. The molecule has 9 heteroatoms. The number of amidine groups is 1. The molecule has 122 valence electrons. The van der Waals surface area contributed by atoms with Gasteiger partial charge in [-0.1, -0.05) is 19.0 Å². The summed E-state index contributed by atoms with van der Waals surface area (Å²) in [5.74, 6) is 0.424. The molecule has 1 fully saturated rings. The van der Waals surface area contributed by atoms with Gasteiger partial charge >= 0.3 is 0 Å². The van der Waals surface area contributed by atoms with E-state index in [9.17, 15) is 13.2 Å². The summed E-state index contributed by atoms with van der Waals surface area (Å²) in [7, 11) is -3.38. The molecule has 1 rings (SSSR count). The van der Waals surface area contributed by atoms with E-state index in [-0.39, 0.29) is 11.6 Å². The van der Waals surface area contributed by atoms with Gasteiger partial charge in [-0.2, -0.15) is 11.8 Å². The molecule has 1 aliphatic rings. The van der Waals surface area contributed by atoms with Gasteiger partial charge in [0.15, 0.2) is 15.7 Å². The summed E-state index contributed by atoms with van der Waals surface area (Å²) in [5, 5.41) is 11.0. The first-order valence-corrected chi connectivity index (χ1v) is 9.70. The summed E-state index contributed by atoms with van der Waals surface area (Å²) >= 11 is 1.51. The van der Waals surface area contributed by atoms with E-state index >= 15 is 0 Å². The minimum absolute atomic E-state index is 0.0194. The maximum Gasteiger partial charge on any atom is 0.237 e. The zero-order valence-electron chi connectivity index (χ0n) is 12.6. The third-order valence-electron chi connectivity index (χ3n) is 4.01. The van der Waals surface area contributed by atoms with Gasteiger partial charge in [0.1, 0.15) is 10.8 Å². The molecular formula is C12H23N3O4S2. The van der Waals surface area contributed by atoms with Gasteiger partial charge in [-0.15, -0.1) is 0 Å². The van der Waals surface area contributed by atoms with Crippen molar-refractivity contribution in [2.75, 3.05) is 23.8 Å².